The minimum Gasteiger partial charge on any atom is -0.351 e. The molecule has 2 unspecified atom stereocenters. The van der Waals surface area contributed by atoms with E-state index >= 15 is 0 Å². The first-order chi connectivity index (χ1) is 8.74. The number of rotatable bonds is 4. The molecule has 0 saturated heterocycles. The number of thioether (sulfide) groups is 1. The first-order valence-corrected chi connectivity index (χ1v) is 7.04. The quantitative estimate of drug-likeness (QED) is 0.905. The Morgan fingerprint density at radius 2 is 2.39 bits per heavy atom. The van der Waals surface area contributed by atoms with Crippen LogP contribution >= 0.6 is 11.8 Å². The summed E-state index contributed by atoms with van der Waals surface area (Å²) in [5.74, 6) is 0.0540. The van der Waals surface area contributed by atoms with Gasteiger partial charge < -0.3 is 5.32 Å². The summed E-state index contributed by atoms with van der Waals surface area (Å²) in [4.78, 5) is 13.3. The van der Waals surface area contributed by atoms with Gasteiger partial charge in [0.25, 0.3) is 0 Å². The second kappa shape index (κ2) is 5.92. The molecule has 1 aliphatic heterocycles. The van der Waals surface area contributed by atoms with Crippen molar-refractivity contribution >= 4 is 17.7 Å². The Morgan fingerprint density at radius 1 is 1.61 bits per heavy atom. The van der Waals surface area contributed by atoms with Gasteiger partial charge in [0.05, 0.1) is 17.7 Å². The molecule has 1 N–H and O–H groups in total. The second-order valence-electron chi connectivity index (χ2n) is 4.39. The van der Waals surface area contributed by atoms with Crippen molar-refractivity contribution in [1.29, 1.82) is 5.26 Å². The molecule has 2 atom stereocenters. The fourth-order valence-corrected chi connectivity index (χ4v) is 3.23. The Bertz CT molecular complexity index is 456. The fourth-order valence-electron chi connectivity index (χ4n) is 2.03. The van der Waals surface area contributed by atoms with Crippen LogP contribution in [0.1, 0.15) is 25.3 Å². The van der Waals surface area contributed by atoms with Gasteiger partial charge in [0.15, 0.2) is 0 Å². The van der Waals surface area contributed by atoms with Crippen molar-refractivity contribution in [2.24, 2.45) is 0 Å². The topological polar surface area (TPSA) is 52.9 Å². The Hall–Kier alpha value is -1.47. The van der Waals surface area contributed by atoms with Crippen LogP contribution in [0.3, 0.4) is 0 Å². The Morgan fingerprint density at radius 3 is 3.06 bits per heavy atom. The number of hydrogen-bond donors (Lipinski definition) is 1. The molecular formula is C14H16N2OS. The summed E-state index contributed by atoms with van der Waals surface area (Å²) in [5.41, 5.74) is 1.25. The third-order valence-electron chi connectivity index (χ3n) is 3.12. The number of nitrogens with one attached hydrogen (secondary N) is 1. The predicted molar refractivity (Wildman–Crippen MR) is 72.2 cm³/mol. The normalized spacial score (nSPS) is 18.8. The SMILES string of the molecule is CCC(CC#N)NC(=O)C1Cc2ccccc2S1. The number of nitriles is 1. The molecule has 0 aliphatic carbocycles. The molecule has 4 heteroatoms. The highest BCUT2D eigenvalue weighted by molar-refractivity contribution is 8.01. The van der Waals surface area contributed by atoms with E-state index in [9.17, 15) is 4.79 Å². The molecule has 3 nitrogen and oxygen atoms in total. The fraction of sp³-hybridized carbons (Fsp3) is 0.429. The van der Waals surface area contributed by atoms with Crippen molar-refractivity contribution in [2.45, 2.75) is 42.4 Å². The number of hydrogen-bond acceptors (Lipinski definition) is 3. The van der Waals surface area contributed by atoms with Crippen LogP contribution in [-0.2, 0) is 11.2 Å². The van der Waals surface area contributed by atoms with Crippen molar-refractivity contribution in [3.63, 3.8) is 0 Å². The molecule has 1 aromatic carbocycles. The Labute approximate surface area is 112 Å². The molecule has 0 aromatic heterocycles. The molecule has 1 aromatic rings. The van der Waals surface area contributed by atoms with Gasteiger partial charge in [-0.05, 0) is 24.5 Å². The standard InChI is InChI=1S/C14H16N2OS/c1-2-11(7-8-15)16-14(17)13-9-10-5-3-4-6-12(10)18-13/h3-6,11,13H,2,7,9H2,1H3,(H,16,17). The monoisotopic (exact) mass is 260 g/mol. The lowest BCUT2D eigenvalue weighted by molar-refractivity contribution is -0.121. The van der Waals surface area contributed by atoms with Crippen LogP contribution in [0.25, 0.3) is 0 Å². The number of carbonyl (C=O) groups is 1. The number of carbonyl (C=O) groups excluding carboxylic acids is 1. The predicted octanol–water partition coefficient (Wildman–Crippen LogP) is 2.51. The van der Waals surface area contributed by atoms with Crippen LogP contribution in [0.15, 0.2) is 29.2 Å². The molecule has 0 bridgehead atoms. The molecule has 1 heterocycles. The first-order valence-electron chi connectivity index (χ1n) is 6.16. The summed E-state index contributed by atoms with van der Waals surface area (Å²) in [6.45, 7) is 1.98. The van der Waals surface area contributed by atoms with Crippen LogP contribution in [0.4, 0.5) is 0 Å². The minimum absolute atomic E-state index is 0.0215. The third kappa shape index (κ3) is 2.85. The van der Waals surface area contributed by atoms with Gasteiger partial charge >= 0.3 is 0 Å². The molecule has 0 saturated carbocycles. The van der Waals surface area contributed by atoms with Crippen molar-refractivity contribution in [2.75, 3.05) is 0 Å². The highest BCUT2D eigenvalue weighted by atomic mass is 32.2. The molecule has 18 heavy (non-hydrogen) atoms. The lowest BCUT2D eigenvalue weighted by Crippen LogP contribution is -2.39. The zero-order valence-corrected chi connectivity index (χ0v) is 11.2. The van der Waals surface area contributed by atoms with Crippen molar-refractivity contribution < 1.29 is 4.79 Å². The van der Waals surface area contributed by atoms with Crippen LogP contribution in [0, 0.1) is 11.3 Å². The number of fused-ring (bicyclic) bond motifs is 1. The summed E-state index contributed by atoms with van der Waals surface area (Å²) in [7, 11) is 0. The van der Waals surface area contributed by atoms with Crippen molar-refractivity contribution in [3.8, 4) is 6.07 Å². The van der Waals surface area contributed by atoms with Gasteiger partial charge in [0.2, 0.25) is 5.91 Å². The highest BCUT2D eigenvalue weighted by Crippen LogP contribution is 2.36. The molecule has 0 spiro atoms. The summed E-state index contributed by atoms with van der Waals surface area (Å²) in [6.07, 6.45) is 1.96. The number of benzene rings is 1. The summed E-state index contributed by atoms with van der Waals surface area (Å²) in [6, 6.07) is 10.2. The van der Waals surface area contributed by atoms with Gasteiger partial charge in [-0.1, -0.05) is 25.1 Å². The van der Waals surface area contributed by atoms with E-state index in [1.807, 2.05) is 19.1 Å². The number of nitrogens with zero attached hydrogens (tertiary/aromatic N) is 1. The third-order valence-corrected chi connectivity index (χ3v) is 4.43. The zero-order chi connectivity index (χ0) is 13.0. The van der Waals surface area contributed by atoms with E-state index in [0.717, 1.165) is 12.8 Å². The molecular weight excluding hydrogens is 244 g/mol. The average molecular weight is 260 g/mol. The molecule has 2 rings (SSSR count). The van der Waals surface area contributed by atoms with E-state index in [-0.39, 0.29) is 17.2 Å². The van der Waals surface area contributed by atoms with E-state index in [1.54, 1.807) is 11.8 Å². The molecule has 1 aliphatic rings. The van der Waals surface area contributed by atoms with E-state index in [4.69, 9.17) is 5.26 Å². The van der Waals surface area contributed by atoms with Gasteiger partial charge in [-0.15, -0.1) is 11.8 Å². The largest absolute Gasteiger partial charge is 0.351 e. The molecule has 0 radical (unpaired) electrons. The average Bonchev–Trinajstić information content (AvgIpc) is 2.82. The lowest BCUT2D eigenvalue weighted by Gasteiger charge is -2.16. The van der Waals surface area contributed by atoms with E-state index in [2.05, 4.69) is 23.5 Å². The lowest BCUT2D eigenvalue weighted by atomic mass is 10.1. The summed E-state index contributed by atoms with van der Waals surface area (Å²) >= 11 is 1.62. The van der Waals surface area contributed by atoms with Crippen molar-refractivity contribution in [1.82, 2.24) is 5.32 Å². The molecule has 0 fully saturated rings. The van der Waals surface area contributed by atoms with Crippen LogP contribution in [-0.4, -0.2) is 17.2 Å². The minimum atomic E-state index is -0.0462. The van der Waals surface area contributed by atoms with E-state index in [0.29, 0.717) is 6.42 Å². The van der Waals surface area contributed by atoms with Gasteiger partial charge in [-0.3, -0.25) is 4.79 Å². The van der Waals surface area contributed by atoms with Gasteiger partial charge in [-0.2, -0.15) is 5.26 Å². The van der Waals surface area contributed by atoms with Gasteiger partial charge in [-0.25, -0.2) is 0 Å². The number of amides is 1. The Kier molecular flexibility index (Phi) is 4.27. The van der Waals surface area contributed by atoms with Crippen LogP contribution in [0.5, 0.6) is 0 Å². The Balaban J connectivity index is 1.95. The van der Waals surface area contributed by atoms with E-state index in [1.165, 1.54) is 10.5 Å². The second-order valence-corrected chi connectivity index (χ2v) is 5.64. The van der Waals surface area contributed by atoms with E-state index < -0.39 is 0 Å². The van der Waals surface area contributed by atoms with Gasteiger partial charge in [0, 0.05) is 10.9 Å². The molecule has 1 amide bonds. The van der Waals surface area contributed by atoms with Gasteiger partial charge in [0.1, 0.15) is 0 Å². The summed E-state index contributed by atoms with van der Waals surface area (Å²) in [5, 5.41) is 11.6. The maximum Gasteiger partial charge on any atom is 0.234 e. The summed E-state index contributed by atoms with van der Waals surface area (Å²) < 4.78 is 0. The van der Waals surface area contributed by atoms with Crippen LogP contribution in [0.2, 0.25) is 0 Å². The maximum absolute atomic E-state index is 12.1. The molecule has 94 valence electrons. The first kappa shape index (κ1) is 13.0. The zero-order valence-electron chi connectivity index (χ0n) is 10.3. The smallest absolute Gasteiger partial charge is 0.234 e. The highest BCUT2D eigenvalue weighted by Gasteiger charge is 2.28. The maximum atomic E-state index is 12.1. The van der Waals surface area contributed by atoms with Crippen molar-refractivity contribution in [3.05, 3.63) is 29.8 Å². The van der Waals surface area contributed by atoms with Crippen LogP contribution < -0.4 is 5.32 Å².